The summed E-state index contributed by atoms with van der Waals surface area (Å²) in [7, 11) is 0. The van der Waals surface area contributed by atoms with Gasteiger partial charge < -0.3 is 0 Å². The van der Waals surface area contributed by atoms with Gasteiger partial charge in [-0.1, -0.05) is 35.3 Å². The SMILES string of the molecule is Clc1ccc(-c2cncc(-n3nnc(-c4ccccn4)n3)c2)c(Cl)c1. The lowest BCUT2D eigenvalue weighted by molar-refractivity contribution is 0.717. The zero-order valence-corrected chi connectivity index (χ0v) is 14.2. The van der Waals surface area contributed by atoms with Crippen LogP contribution in [-0.2, 0) is 0 Å². The molecule has 4 rings (SSSR count). The second-order valence-electron chi connectivity index (χ2n) is 5.17. The number of halogens is 2. The topological polar surface area (TPSA) is 69.4 Å². The predicted octanol–water partition coefficient (Wildman–Crippen LogP) is 4.09. The summed E-state index contributed by atoms with van der Waals surface area (Å²) >= 11 is 12.2. The molecule has 0 aliphatic heterocycles. The Kier molecular flexibility index (Phi) is 4.13. The Morgan fingerprint density at radius 1 is 0.960 bits per heavy atom. The Hall–Kier alpha value is -2.83. The summed E-state index contributed by atoms with van der Waals surface area (Å²) in [6, 6.07) is 12.7. The lowest BCUT2D eigenvalue weighted by Crippen LogP contribution is -2.00. The monoisotopic (exact) mass is 368 g/mol. The van der Waals surface area contributed by atoms with Gasteiger partial charge in [-0.05, 0) is 35.5 Å². The van der Waals surface area contributed by atoms with Crippen LogP contribution in [0.4, 0.5) is 0 Å². The predicted molar refractivity (Wildman–Crippen MR) is 95.6 cm³/mol. The van der Waals surface area contributed by atoms with Crippen molar-refractivity contribution in [3.63, 3.8) is 0 Å². The first-order valence-electron chi connectivity index (χ1n) is 7.33. The molecule has 0 bridgehead atoms. The average molecular weight is 369 g/mol. The molecule has 0 radical (unpaired) electrons. The zero-order valence-electron chi connectivity index (χ0n) is 12.7. The van der Waals surface area contributed by atoms with Crippen LogP contribution in [0, 0.1) is 0 Å². The van der Waals surface area contributed by atoms with Crippen LogP contribution in [0.15, 0.2) is 61.1 Å². The maximum absolute atomic E-state index is 6.28. The van der Waals surface area contributed by atoms with Crippen LogP contribution in [0.5, 0.6) is 0 Å². The highest BCUT2D eigenvalue weighted by Crippen LogP contribution is 2.30. The van der Waals surface area contributed by atoms with Crippen molar-refractivity contribution in [2.45, 2.75) is 0 Å². The molecule has 0 N–H and O–H groups in total. The van der Waals surface area contributed by atoms with E-state index in [2.05, 4.69) is 25.4 Å². The second-order valence-corrected chi connectivity index (χ2v) is 6.02. The fourth-order valence-electron chi connectivity index (χ4n) is 2.33. The van der Waals surface area contributed by atoms with Crippen molar-refractivity contribution in [1.29, 1.82) is 0 Å². The highest BCUT2D eigenvalue weighted by Gasteiger charge is 2.10. The minimum atomic E-state index is 0.440. The summed E-state index contributed by atoms with van der Waals surface area (Å²) in [6.07, 6.45) is 5.05. The number of aromatic nitrogens is 6. The minimum absolute atomic E-state index is 0.440. The van der Waals surface area contributed by atoms with Crippen LogP contribution in [0.2, 0.25) is 10.0 Å². The first-order valence-corrected chi connectivity index (χ1v) is 8.08. The maximum Gasteiger partial charge on any atom is 0.223 e. The fourth-order valence-corrected chi connectivity index (χ4v) is 2.85. The van der Waals surface area contributed by atoms with Gasteiger partial charge in [0.05, 0.1) is 6.20 Å². The van der Waals surface area contributed by atoms with Crippen molar-refractivity contribution < 1.29 is 0 Å². The number of tetrazole rings is 1. The Morgan fingerprint density at radius 3 is 2.68 bits per heavy atom. The van der Waals surface area contributed by atoms with Gasteiger partial charge in [-0.3, -0.25) is 9.97 Å². The van der Waals surface area contributed by atoms with Crippen LogP contribution in [0.1, 0.15) is 0 Å². The van der Waals surface area contributed by atoms with Crippen LogP contribution in [0.3, 0.4) is 0 Å². The molecular weight excluding hydrogens is 359 g/mol. The number of benzene rings is 1. The van der Waals surface area contributed by atoms with Crippen molar-refractivity contribution in [3.8, 4) is 28.3 Å². The fraction of sp³-hybridized carbons (Fsp3) is 0. The van der Waals surface area contributed by atoms with E-state index in [9.17, 15) is 0 Å². The van der Waals surface area contributed by atoms with Crippen molar-refractivity contribution in [2.75, 3.05) is 0 Å². The summed E-state index contributed by atoms with van der Waals surface area (Å²) in [5.74, 6) is 0.440. The van der Waals surface area contributed by atoms with Crippen LogP contribution >= 0.6 is 23.2 Å². The number of nitrogens with zero attached hydrogens (tertiary/aromatic N) is 6. The molecule has 1 aromatic carbocycles. The Labute approximate surface area is 153 Å². The van der Waals surface area contributed by atoms with Gasteiger partial charge in [0.15, 0.2) is 0 Å². The molecule has 0 spiro atoms. The molecule has 0 saturated carbocycles. The zero-order chi connectivity index (χ0) is 17.2. The highest BCUT2D eigenvalue weighted by atomic mass is 35.5. The quantitative estimate of drug-likeness (QED) is 0.544. The van der Waals surface area contributed by atoms with E-state index >= 15 is 0 Å². The number of rotatable bonds is 3. The van der Waals surface area contributed by atoms with Crippen molar-refractivity contribution in [1.82, 2.24) is 30.2 Å². The van der Waals surface area contributed by atoms with Crippen LogP contribution < -0.4 is 0 Å². The average Bonchev–Trinajstić information content (AvgIpc) is 3.13. The lowest BCUT2D eigenvalue weighted by atomic mass is 10.1. The number of pyridine rings is 2. The van der Waals surface area contributed by atoms with Crippen molar-refractivity contribution in [3.05, 3.63) is 71.1 Å². The maximum atomic E-state index is 6.28. The molecule has 0 atom stereocenters. The second kappa shape index (κ2) is 6.58. The Balaban J connectivity index is 1.72. The Bertz CT molecular complexity index is 1030. The third kappa shape index (κ3) is 3.22. The van der Waals surface area contributed by atoms with Gasteiger partial charge in [-0.15, -0.1) is 15.0 Å². The summed E-state index contributed by atoms with van der Waals surface area (Å²) in [5.41, 5.74) is 2.97. The highest BCUT2D eigenvalue weighted by molar-refractivity contribution is 6.36. The number of hydrogen-bond donors (Lipinski definition) is 0. The standard InChI is InChI=1S/C17H10Cl2N6/c18-12-4-5-14(15(19)8-12)11-7-13(10-20-9-11)25-23-17(22-24-25)16-3-1-2-6-21-16/h1-10H. The first kappa shape index (κ1) is 15.7. The minimum Gasteiger partial charge on any atom is -0.262 e. The van der Waals surface area contributed by atoms with Gasteiger partial charge in [-0.25, -0.2) is 0 Å². The van der Waals surface area contributed by atoms with E-state index in [0.29, 0.717) is 27.3 Å². The first-order chi connectivity index (χ1) is 12.2. The molecule has 0 fully saturated rings. The smallest absolute Gasteiger partial charge is 0.223 e. The summed E-state index contributed by atoms with van der Waals surface area (Å²) in [6.45, 7) is 0. The molecule has 0 amide bonds. The molecule has 6 nitrogen and oxygen atoms in total. The molecule has 0 saturated heterocycles. The molecule has 0 aliphatic carbocycles. The molecule has 3 aromatic heterocycles. The molecule has 3 heterocycles. The van der Waals surface area contributed by atoms with Crippen LogP contribution in [-0.4, -0.2) is 30.2 Å². The molecule has 122 valence electrons. The van der Waals surface area contributed by atoms with Crippen molar-refractivity contribution >= 4 is 23.2 Å². The molecule has 4 aromatic rings. The molecule has 0 aliphatic rings. The van der Waals surface area contributed by atoms with E-state index in [0.717, 1.165) is 11.1 Å². The lowest BCUT2D eigenvalue weighted by Gasteiger charge is -2.06. The van der Waals surface area contributed by atoms with E-state index in [1.807, 2.05) is 30.3 Å². The molecule has 0 unspecified atom stereocenters. The largest absolute Gasteiger partial charge is 0.262 e. The number of hydrogen-bond acceptors (Lipinski definition) is 5. The van der Waals surface area contributed by atoms with Crippen molar-refractivity contribution in [2.24, 2.45) is 0 Å². The molecule has 8 heteroatoms. The summed E-state index contributed by atoms with van der Waals surface area (Å²) < 4.78 is 0. The molecular formula is C17H10Cl2N6. The third-order valence-corrected chi connectivity index (χ3v) is 4.05. The van der Waals surface area contributed by atoms with Gasteiger partial charge in [0.1, 0.15) is 11.4 Å². The van der Waals surface area contributed by atoms with Crippen LogP contribution in [0.25, 0.3) is 28.3 Å². The Morgan fingerprint density at radius 2 is 1.88 bits per heavy atom. The normalized spacial score (nSPS) is 10.8. The van der Waals surface area contributed by atoms with E-state index in [-0.39, 0.29) is 0 Å². The van der Waals surface area contributed by atoms with Gasteiger partial charge >= 0.3 is 0 Å². The van der Waals surface area contributed by atoms with Gasteiger partial charge in [0, 0.05) is 33.6 Å². The van der Waals surface area contributed by atoms with E-state index in [1.165, 1.54) is 4.80 Å². The summed E-state index contributed by atoms with van der Waals surface area (Å²) in [4.78, 5) is 9.87. The summed E-state index contributed by atoms with van der Waals surface area (Å²) in [5, 5.41) is 13.6. The van der Waals surface area contributed by atoms with Gasteiger partial charge in [-0.2, -0.15) is 0 Å². The van der Waals surface area contributed by atoms with E-state index < -0.39 is 0 Å². The van der Waals surface area contributed by atoms with Gasteiger partial charge in [0.25, 0.3) is 0 Å². The van der Waals surface area contributed by atoms with E-state index in [1.54, 1.807) is 30.7 Å². The van der Waals surface area contributed by atoms with Gasteiger partial charge in [0.2, 0.25) is 5.82 Å². The molecule has 25 heavy (non-hydrogen) atoms. The third-order valence-electron chi connectivity index (χ3n) is 3.50. The van der Waals surface area contributed by atoms with E-state index in [4.69, 9.17) is 23.2 Å².